The van der Waals surface area contributed by atoms with Gasteiger partial charge in [-0.3, -0.25) is 19.9 Å². The predicted octanol–water partition coefficient (Wildman–Crippen LogP) is 4.56. The second-order valence-electron chi connectivity index (χ2n) is 7.62. The van der Waals surface area contributed by atoms with E-state index in [1.165, 1.54) is 37.9 Å². The number of likely N-dealkylation sites (tertiary alicyclic amines) is 1. The fourth-order valence-corrected chi connectivity index (χ4v) is 5.04. The zero-order valence-electron chi connectivity index (χ0n) is 16.8. The smallest absolute Gasteiger partial charge is 0.173 e. The summed E-state index contributed by atoms with van der Waals surface area (Å²) in [7, 11) is 0. The van der Waals surface area contributed by atoms with Gasteiger partial charge in [-0.15, -0.1) is 11.8 Å². The maximum atomic E-state index is 6.50. The van der Waals surface area contributed by atoms with Crippen molar-refractivity contribution in [3.63, 3.8) is 0 Å². The van der Waals surface area contributed by atoms with Gasteiger partial charge in [0.2, 0.25) is 0 Å². The Hall–Kier alpha value is -2.29. The molecule has 1 atom stereocenters. The van der Waals surface area contributed by atoms with E-state index in [-0.39, 0.29) is 5.50 Å². The van der Waals surface area contributed by atoms with Crippen LogP contribution in [0.4, 0.5) is 5.69 Å². The van der Waals surface area contributed by atoms with Crippen molar-refractivity contribution in [3.05, 3.63) is 41.2 Å². The van der Waals surface area contributed by atoms with Crippen LogP contribution in [-0.2, 0) is 6.54 Å². The number of rotatable bonds is 5. The van der Waals surface area contributed by atoms with E-state index in [1.54, 1.807) is 30.2 Å². The summed E-state index contributed by atoms with van der Waals surface area (Å²) in [5.41, 5.74) is 4.78. The molecule has 3 aromatic rings. The van der Waals surface area contributed by atoms with Gasteiger partial charge in [0.15, 0.2) is 11.3 Å². The normalized spacial score (nSPS) is 20.1. The molecule has 2 aromatic heterocycles. The van der Waals surface area contributed by atoms with Crippen molar-refractivity contribution < 1.29 is 0 Å². The van der Waals surface area contributed by atoms with Crippen LogP contribution >= 0.6 is 23.4 Å². The number of halogens is 1. The van der Waals surface area contributed by atoms with Gasteiger partial charge in [0.1, 0.15) is 10.9 Å². The number of nitrogens with zero attached hydrogens (tertiary/aromatic N) is 5. The van der Waals surface area contributed by atoms with Crippen LogP contribution < -0.4 is 4.90 Å². The molecule has 156 valence electrons. The van der Waals surface area contributed by atoms with Gasteiger partial charge in [-0.2, -0.15) is 5.10 Å². The van der Waals surface area contributed by atoms with Crippen molar-refractivity contribution in [2.24, 2.45) is 4.99 Å². The minimum atomic E-state index is -0.139. The average Bonchev–Trinajstić information content (AvgIpc) is 3.40. The molecule has 5 rings (SSSR count). The molecule has 4 heterocycles. The number of thioether (sulfide) groups is 1. The third-order valence-electron chi connectivity index (χ3n) is 5.60. The van der Waals surface area contributed by atoms with E-state index in [4.69, 9.17) is 16.6 Å². The van der Waals surface area contributed by atoms with Crippen LogP contribution in [0.15, 0.2) is 40.6 Å². The van der Waals surface area contributed by atoms with Crippen molar-refractivity contribution in [2.45, 2.75) is 31.3 Å². The zero-order chi connectivity index (χ0) is 20.5. The summed E-state index contributed by atoms with van der Waals surface area (Å²) in [6, 6.07) is 6.48. The van der Waals surface area contributed by atoms with E-state index in [2.05, 4.69) is 43.3 Å². The van der Waals surface area contributed by atoms with Crippen LogP contribution in [0.2, 0.25) is 0 Å². The second kappa shape index (κ2) is 8.45. The van der Waals surface area contributed by atoms with E-state index in [1.807, 2.05) is 11.2 Å². The number of hydrogen-bond acceptors (Lipinski definition) is 6. The number of nitrogens with one attached hydrogen (secondary N) is 2. The lowest BCUT2D eigenvalue weighted by molar-refractivity contribution is 0.221. The predicted molar refractivity (Wildman–Crippen MR) is 125 cm³/mol. The van der Waals surface area contributed by atoms with E-state index in [0.29, 0.717) is 5.16 Å². The summed E-state index contributed by atoms with van der Waals surface area (Å²) in [6.07, 6.45) is 11.3. The monoisotopic (exact) mass is 441 g/mol. The fraction of sp³-hybridized carbons (Fsp3) is 0.381. The summed E-state index contributed by atoms with van der Waals surface area (Å²) in [6.45, 7) is 3.36. The van der Waals surface area contributed by atoms with Crippen LogP contribution in [-0.4, -0.2) is 56.1 Å². The average molecular weight is 442 g/mol. The highest BCUT2D eigenvalue weighted by molar-refractivity contribution is 7.99. The maximum absolute atomic E-state index is 6.50. The van der Waals surface area contributed by atoms with Gasteiger partial charge in [0, 0.05) is 12.8 Å². The van der Waals surface area contributed by atoms with Gasteiger partial charge in [0.05, 0.1) is 22.9 Å². The summed E-state index contributed by atoms with van der Waals surface area (Å²) in [5.74, 6) is 0.742. The lowest BCUT2D eigenvalue weighted by Crippen LogP contribution is -2.31. The number of imidazole rings is 1. The Morgan fingerprint density at radius 1 is 1.23 bits per heavy atom. The van der Waals surface area contributed by atoms with Crippen molar-refractivity contribution in [1.29, 1.82) is 0 Å². The first kappa shape index (κ1) is 19.7. The topological polar surface area (TPSA) is 76.2 Å². The Labute approximate surface area is 184 Å². The van der Waals surface area contributed by atoms with Crippen molar-refractivity contribution >= 4 is 46.3 Å². The summed E-state index contributed by atoms with van der Waals surface area (Å²) in [4.78, 5) is 17.3. The standard InChI is InChI=1S/C21H24ClN7S/c1-30-21-23-8-7-18(22)29(21)17-12-24-27-19(17)20-25-15-6-5-14(11-16(15)26-20)13-28-9-3-2-4-10-28/h5-8,11-12,21H,2-4,9-10,13H2,1H3,(H,24,27)(H,25,26). The Bertz CT molecular complexity index is 1100. The first-order chi connectivity index (χ1) is 14.7. The van der Waals surface area contributed by atoms with Crippen LogP contribution in [0, 0.1) is 0 Å². The number of aliphatic imine (C=N–C) groups is 1. The van der Waals surface area contributed by atoms with Crippen LogP contribution in [0.5, 0.6) is 0 Å². The van der Waals surface area contributed by atoms with Crippen LogP contribution in [0.1, 0.15) is 24.8 Å². The third-order valence-corrected chi connectivity index (χ3v) is 6.67. The molecule has 2 aliphatic rings. The van der Waals surface area contributed by atoms with Gasteiger partial charge >= 0.3 is 0 Å². The van der Waals surface area contributed by atoms with Crippen molar-refractivity contribution in [3.8, 4) is 11.5 Å². The molecule has 1 fully saturated rings. The van der Waals surface area contributed by atoms with Gasteiger partial charge in [-0.05, 0) is 56.0 Å². The van der Waals surface area contributed by atoms with Gasteiger partial charge in [-0.1, -0.05) is 24.1 Å². The number of benzene rings is 1. The summed E-state index contributed by atoms with van der Waals surface area (Å²) < 4.78 is 0. The molecule has 0 amide bonds. The SMILES string of the molecule is CSC1N=CC=C(Cl)N1c1cn[nH]c1-c1nc2ccc(CN3CCCCC3)cc2[nH]1. The molecule has 0 radical (unpaired) electrons. The Morgan fingerprint density at radius 2 is 2.10 bits per heavy atom. The number of aromatic nitrogens is 4. The molecule has 1 aromatic carbocycles. The molecular formula is C21H24ClN7S. The minimum absolute atomic E-state index is 0.139. The Kier molecular flexibility index (Phi) is 5.54. The summed E-state index contributed by atoms with van der Waals surface area (Å²) >= 11 is 8.11. The number of piperidine rings is 1. The van der Waals surface area contributed by atoms with Gasteiger partial charge < -0.3 is 4.98 Å². The molecule has 1 unspecified atom stereocenters. The van der Waals surface area contributed by atoms with E-state index >= 15 is 0 Å². The molecule has 0 spiro atoms. The Balaban J connectivity index is 1.45. The lowest BCUT2D eigenvalue weighted by atomic mass is 10.1. The van der Waals surface area contributed by atoms with Crippen molar-refractivity contribution in [2.75, 3.05) is 24.2 Å². The highest BCUT2D eigenvalue weighted by Gasteiger charge is 2.27. The molecule has 9 heteroatoms. The number of H-pyrrole nitrogens is 2. The summed E-state index contributed by atoms with van der Waals surface area (Å²) in [5, 5.41) is 7.95. The molecular weight excluding hydrogens is 418 g/mol. The zero-order valence-corrected chi connectivity index (χ0v) is 18.4. The number of anilines is 1. The molecule has 1 saturated heterocycles. The maximum Gasteiger partial charge on any atom is 0.173 e. The lowest BCUT2D eigenvalue weighted by Gasteiger charge is -2.30. The molecule has 7 nitrogen and oxygen atoms in total. The molecule has 2 N–H and O–H groups in total. The highest BCUT2D eigenvalue weighted by atomic mass is 35.5. The number of hydrogen-bond donors (Lipinski definition) is 2. The van der Waals surface area contributed by atoms with Crippen LogP contribution in [0.3, 0.4) is 0 Å². The molecule has 0 saturated carbocycles. The van der Waals surface area contributed by atoms with E-state index in [0.717, 1.165) is 34.8 Å². The van der Waals surface area contributed by atoms with E-state index < -0.39 is 0 Å². The minimum Gasteiger partial charge on any atom is -0.337 e. The van der Waals surface area contributed by atoms with Crippen molar-refractivity contribution in [1.82, 2.24) is 25.1 Å². The Morgan fingerprint density at radius 3 is 2.93 bits per heavy atom. The van der Waals surface area contributed by atoms with Gasteiger partial charge in [-0.25, -0.2) is 4.98 Å². The number of fused-ring (bicyclic) bond motifs is 1. The van der Waals surface area contributed by atoms with Crippen LogP contribution in [0.25, 0.3) is 22.6 Å². The first-order valence-electron chi connectivity index (χ1n) is 10.2. The molecule has 0 bridgehead atoms. The fourth-order valence-electron chi connectivity index (χ4n) is 4.12. The molecule has 2 aliphatic heterocycles. The third kappa shape index (κ3) is 3.75. The van der Waals surface area contributed by atoms with Gasteiger partial charge in [0.25, 0.3) is 0 Å². The van der Waals surface area contributed by atoms with E-state index in [9.17, 15) is 0 Å². The first-order valence-corrected chi connectivity index (χ1v) is 11.9. The number of aromatic amines is 2. The molecule has 0 aliphatic carbocycles. The largest absolute Gasteiger partial charge is 0.337 e. The number of allylic oxidation sites excluding steroid dienone is 1. The second-order valence-corrected chi connectivity index (χ2v) is 8.90. The molecule has 30 heavy (non-hydrogen) atoms. The highest BCUT2D eigenvalue weighted by Crippen LogP contribution is 2.36. The quantitative estimate of drug-likeness (QED) is 0.568.